The molecule has 0 saturated carbocycles. The summed E-state index contributed by atoms with van der Waals surface area (Å²) in [6.45, 7) is 7.87. The molecule has 1 N–H and O–H groups in total. The van der Waals surface area contributed by atoms with Crippen molar-refractivity contribution in [1.82, 2.24) is 15.1 Å². The molecule has 0 aliphatic carbocycles. The smallest absolute Gasteiger partial charge is 0.317 e. The Balaban J connectivity index is 1.15. The third-order valence-electron chi connectivity index (χ3n) is 6.16. The number of hydrogen-bond donors (Lipinski definition) is 1. The molecule has 2 amide bonds. The van der Waals surface area contributed by atoms with Crippen LogP contribution in [-0.4, -0.2) is 80.9 Å². The van der Waals surface area contributed by atoms with Crippen LogP contribution in [-0.2, 0) is 4.74 Å². The van der Waals surface area contributed by atoms with Crippen molar-refractivity contribution in [1.29, 1.82) is 0 Å². The minimum absolute atomic E-state index is 0.0528. The van der Waals surface area contributed by atoms with Crippen molar-refractivity contribution >= 4 is 11.7 Å². The molecule has 6 nitrogen and oxygen atoms in total. The molecule has 1 aromatic rings. The van der Waals surface area contributed by atoms with E-state index in [-0.39, 0.29) is 11.8 Å². The van der Waals surface area contributed by atoms with Crippen LogP contribution in [0, 0.1) is 11.7 Å². The molecule has 0 aromatic heterocycles. The first-order valence-electron chi connectivity index (χ1n) is 10.5. The van der Waals surface area contributed by atoms with Gasteiger partial charge in [0, 0.05) is 64.7 Å². The van der Waals surface area contributed by atoms with Crippen LogP contribution in [0.2, 0.25) is 0 Å². The van der Waals surface area contributed by atoms with Gasteiger partial charge in [-0.25, -0.2) is 9.18 Å². The van der Waals surface area contributed by atoms with Gasteiger partial charge in [0.2, 0.25) is 0 Å². The number of piperazine rings is 1. The highest BCUT2D eigenvalue weighted by Crippen LogP contribution is 2.23. The fourth-order valence-corrected chi connectivity index (χ4v) is 4.44. The largest absolute Gasteiger partial charge is 0.377 e. The molecule has 3 aliphatic heterocycles. The molecule has 3 saturated heterocycles. The molecule has 4 rings (SSSR count). The number of carbonyl (C=O) groups excluding carboxylic acids is 1. The van der Waals surface area contributed by atoms with Crippen LogP contribution in [0.25, 0.3) is 0 Å². The summed E-state index contributed by atoms with van der Waals surface area (Å²) in [5.74, 6) is 0.234. The van der Waals surface area contributed by atoms with Gasteiger partial charge in [0.05, 0.1) is 6.10 Å². The number of rotatable bonds is 5. The van der Waals surface area contributed by atoms with E-state index in [4.69, 9.17) is 4.74 Å². The predicted octanol–water partition coefficient (Wildman–Crippen LogP) is 2.16. The average molecular weight is 391 g/mol. The zero-order chi connectivity index (χ0) is 19.3. The van der Waals surface area contributed by atoms with Crippen molar-refractivity contribution in [3.05, 3.63) is 30.1 Å². The molecule has 3 aliphatic rings. The van der Waals surface area contributed by atoms with Crippen LogP contribution >= 0.6 is 0 Å². The van der Waals surface area contributed by atoms with Crippen LogP contribution < -0.4 is 10.2 Å². The quantitative estimate of drug-likeness (QED) is 0.837. The van der Waals surface area contributed by atoms with Gasteiger partial charge in [-0.3, -0.25) is 4.90 Å². The van der Waals surface area contributed by atoms with E-state index in [1.807, 2.05) is 17.0 Å². The highest BCUT2D eigenvalue weighted by atomic mass is 19.1. The predicted molar refractivity (Wildman–Crippen MR) is 107 cm³/mol. The standard InChI is InChI=1S/C21H31FN4O2/c22-18-3-5-19(6-4-18)26-8-7-17(15-26)14-23-21(27)25-11-9-24(10-12-25)16-20-2-1-13-28-20/h3-6,17,20H,1-2,7-16H2,(H,23,27). The van der Waals surface area contributed by atoms with E-state index in [9.17, 15) is 9.18 Å². The monoisotopic (exact) mass is 390 g/mol. The van der Waals surface area contributed by atoms with Crippen molar-refractivity contribution < 1.29 is 13.9 Å². The molecule has 0 bridgehead atoms. The van der Waals surface area contributed by atoms with E-state index in [1.165, 1.54) is 18.6 Å². The summed E-state index contributed by atoms with van der Waals surface area (Å²) in [6.07, 6.45) is 3.77. The number of urea groups is 1. The molecule has 0 spiro atoms. The molecular formula is C21H31FN4O2. The SMILES string of the molecule is O=C(NCC1CCN(c2ccc(F)cc2)C1)N1CCN(CC2CCCO2)CC1. The lowest BCUT2D eigenvalue weighted by molar-refractivity contribution is 0.0560. The fourth-order valence-electron chi connectivity index (χ4n) is 4.44. The molecule has 7 heteroatoms. The van der Waals surface area contributed by atoms with Gasteiger partial charge < -0.3 is 19.9 Å². The molecule has 1 aromatic carbocycles. The topological polar surface area (TPSA) is 48.1 Å². The van der Waals surface area contributed by atoms with Gasteiger partial charge in [-0.15, -0.1) is 0 Å². The molecule has 154 valence electrons. The van der Waals surface area contributed by atoms with Gasteiger partial charge in [-0.1, -0.05) is 0 Å². The van der Waals surface area contributed by atoms with E-state index in [1.54, 1.807) is 0 Å². The first-order valence-corrected chi connectivity index (χ1v) is 10.5. The molecule has 3 fully saturated rings. The second kappa shape index (κ2) is 9.09. The van der Waals surface area contributed by atoms with Gasteiger partial charge in [-0.05, 0) is 49.4 Å². The van der Waals surface area contributed by atoms with Gasteiger partial charge in [0.25, 0.3) is 0 Å². The molecule has 0 radical (unpaired) electrons. The van der Waals surface area contributed by atoms with Crippen LogP contribution in [0.1, 0.15) is 19.3 Å². The molecule has 28 heavy (non-hydrogen) atoms. The summed E-state index contributed by atoms with van der Waals surface area (Å²) in [5, 5.41) is 3.12. The lowest BCUT2D eigenvalue weighted by Crippen LogP contribution is -2.53. The minimum atomic E-state index is -0.206. The Morgan fingerprint density at radius 2 is 1.89 bits per heavy atom. The van der Waals surface area contributed by atoms with Crippen molar-refractivity contribution in [3.63, 3.8) is 0 Å². The number of ether oxygens (including phenoxy) is 1. The Bertz CT molecular complexity index is 642. The highest BCUT2D eigenvalue weighted by molar-refractivity contribution is 5.74. The maximum absolute atomic E-state index is 13.1. The minimum Gasteiger partial charge on any atom is -0.377 e. The molecule has 2 atom stereocenters. The summed E-state index contributed by atoms with van der Waals surface area (Å²) < 4.78 is 18.8. The number of hydrogen-bond acceptors (Lipinski definition) is 4. The maximum atomic E-state index is 13.1. The van der Waals surface area contributed by atoms with Crippen LogP contribution in [0.4, 0.5) is 14.9 Å². The van der Waals surface area contributed by atoms with Gasteiger partial charge in [-0.2, -0.15) is 0 Å². The van der Waals surface area contributed by atoms with Crippen molar-refractivity contribution in [2.24, 2.45) is 5.92 Å². The third kappa shape index (κ3) is 4.94. The molecular weight excluding hydrogens is 359 g/mol. The number of benzene rings is 1. The number of halogens is 1. The Labute approximate surface area is 166 Å². The number of nitrogens with one attached hydrogen (secondary N) is 1. The van der Waals surface area contributed by atoms with Gasteiger partial charge in [0.15, 0.2) is 0 Å². The van der Waals surface area contributed by atoms with Crippen LogP contribution in [0.3, 0.4) is 0 Å². The number of carbonyl (C=O) groups is 1. The maximum Gasteiger partial charge on any atom is 0.317 e. The fraction of sp³-hybridized carbons (Fsp3) is 0.667. The van der Waals surface area contributed by atoms with Gasteiger partial charge in [0.1, 0.15) is 5.82 Å². The van der Waals surface area contributed by atoms with Crippen molar-refractivity contribution in [2.75, 3.05) is 63.9 Å². The Hall–Kier alpha value is -1.86. The Kier molecular flexibility index (Phi) is 6.32. The Morgan fingerprint density at radius 1 is 1.11 bits per heavy atom. The summed E-state index contributed by atoms with van der Waals surface area (Å²) in [4.78, 5) is 19.1. The first-order chi connectivity index (χ1) is 13.7. The number of nitrogens with zero attached hydrogens (tertiary/aromatic N) is 3. The van der Waals surface area contributed by atoms with Gasteiger partial charge >= 0.3 is 6.03 Å². The summed E-state index contributed by atoms with van der Waals surface area (Å²) >= 11 is 0. The summed E-state index contributed by atoms with van der Waals surface area (Å²) in [7, 11) is 0. The third-order valence-corrected chi connectivity index (χ3v) is 6.16. The van der Waals surface area contributed by atoms with Crippen LogP contribution in [0.5, 0.6) is 0 Å². The average Bonchev–Trinajstić information content (AvgIpc) is 3.39. The van der Waals surface area contributed by atoms with Crippen LogP contribution in [0.15, 0.2) is 24.3 Å². The molecule has 2 unspecified atom stereocenters. The highest BCUT2D eigenvalue weighted by Gasteiger charge is 2.27. The van der Waals surface area contributed by atoms with E-state index in [2.05, 4.69) is 15.1 Å². The lowest BCUT2D eigenvalue weighted by Gasteiger charge is -2.35. The van der Waals surface area contributed by atoms with E-state index in [0.717, 1.165) is 70.9 Å². The van der Waals surface area contributed by atoms with Crippen molar-refractivity contribution in [2.45, 2.75) is 25.4 Å². The van der Waals surface area contributed by atoms with E-state index >= 15 is 0 Å². The lowest BCUT2D eigenvalue weighted by atomic mass is 10.1. The van der Waals surface area contributed by atoms with E-state index < -0.39 is 0 Å². The summed E-state index contributed by atoms with van der Waals surface area (Å²) in [5.41, 5.74) is 1.05. The zero-order valence-electron chi connectivity index (χ0n) is 16.5. The van der Waals surface area contributed by atoms with E-state index in [0.29, 0.717) is 18.6 Å². The number of amides is 2. The molecule has 3 heterocycles. The number of anilines is 1. The Morgan fingerprint density at radius 3 is 2.61 bits per heavy atom. The second-order valence-corrected chi connectivity index (χ2v) is 8.19. The van der Waals surface area contributed by atoms with Crippen molar-refractivity contribution in [3.8, 4) is 0 Å². The normalized spacial score (nSPS) is 26.0. The second-order valence-electron chi connectivity index (χ2n) is 8.19. The summed E-state index contributed by atoms with van der Waals surface area (Å²) in [6, 6.07) is 6.71. The first kappa shape index (κ1) is 19.5. The zero-order valence-corrected chi connectivity index (χ0v) is 16.5.